The lowest BCUT2D eigenvalue weighted by atomic mass is 10.2. The van der Waals surface area contributed by atoms with Crippen molar-refractivity contribution in [3.05, 3.63) is 51.3 Å². The zero-order chi connectivity index (χ0) is 15.4. The molecule has 0 spiro atoms. The Labute approximate surface area is 136 Å². The fourth-order valence-corrected chi connectivity index (χ4v) is 2.45. The van der Waals surface area contributed by atoms with Crippen LogP contribution in [0.2, 0.25) is 10.0 Å². The molecule has 1 aromatic carbocycles. The van der Waals surface area contributed by atoms with Crippen molar-refractivity contribution in [3.63, 3.8) is 0 Å². The number of nitrogens with one attached hydrogen (secondary N) is 1. The lowest BCUT2D eigenvalue weighted by Crippen LogP contribution is -2.19. The van der Waals surface area contributed by atoms with Gasteiger partial charge in [-0.3, -0.25) is 4.68 Å². The van der Waals surface area contributed by atoms with E-state index in [4.69, 9.17) is 23.2 Å². The van der Waals surface area contributed by atoms with Gasteiger partial charge in [0.15, 0.2) is 0 Å². The minimum absolute atomic E-state index is 0.579. The van der Waals surface area contributed by atoms with Crippen molar-refractivity contribution >= 4 is 23.2 Å². The number of halogens is 2. The first-order valence-corrected chi connectivity index (χ1v) is 7.89. The smallest absolute Gasteiger partial charge is 0.0660 e. The molecule has 0 radical (unpaired) electrons. The quantitative estimate of drug-likeness (QED) is 0.858. The lowest BCUT2D eigenvalue weighted by Gasteiger charge is -2.06. The van der Waals surface area contributed by atoms with Crippen LogP contribution < -0.4 is 5.32 Å². The average Bonchev–Trinajstić information content (AvgIpc) is 2.74. The summed E-state index contributed by atoms with van der Waals surface area (Å²) < 4.78 is 1.95. The maximum atomic E-state index is 6.04. The summed E-state index contributed by atoms with van der Waals surface area (Å²) >= 11 is 12.0. The molecule has 0 amide bonds. The van der Waals surface area contributed by atoms with Gasteiger partial charge in [0.25, 0.3) is 0 Å². The maximum absolute atomic E-state index is 6.04. The molecule has 2 aromatic rings. The van der Waals surface area contributed by atoms with E-state index in [0.717, 1.165) is 24.3 Å². The number of hydrogen-bond acceptors (Lipinski definition) is 2. The van der Waals surface area contributed by atoms with Crippen LogP contribution in [-0.4, -0.2) is 16.3 Å². The molecule has 3 nitrogen and oxygen atoms in total. The SMILES string of the molecule is Cc1nn(Cc2ccc(Cl)c(Cl)c2)cc1CNCC(C)C. The van der Waals surface area contributed by atoms with Crippen molar-refractivity contribution in [1.29, 1.82) is 0 Å². The summed E-state index contributed by atoms with van der Waals surface area (Å²) in [4.78, 5) is 0. The van der Waals surface area contributed by atoms with Crippen LogP contribution in [0.15, 0.2) is 24.4 Å². The third-order valence-corrected chi connectivity index (χ3v) is 3.98. The zero-order valence-corrected chi connectivity index (χ0v) is 14.2. The monoisotopic (exact) mass is 325 g/mol. The standard InChI is InChI=1S/C16H21Cl2N3/c1-11(2)7-19-8-14-10-21(20-12(14)3)9-13-4-5-15(17)16(18)6-13/h4-6,10-11,19H,7-9H2,1-3H3. The number of rotatable bonds is 6. The van der Waals surface area contributed by atoms with Gasteiger partial charge in [0.2, 0.25) is 0 Å². The molecule has 0 saturated heterocycles. The highest BCUT2D eigenvalue weighted by Crippen LogP contribution is 2.23. The van der Waals surface area contributed by atoms with Gasteiger partial charge in [-0.1, -0.05) is 43.1 Å². The molecule has 0 fully saturated rings. The van der Waals surface area contributed by atoms with Gasteiger partial charge in [-0.15, -0.1) is 0 Å². The molecular weight excluding hydrogens is 305 g/mol. The second kappa shape index (κ2) is 7.30. The van der Waals surface area contributed by atoms with Crippen LogP contribution in [0.5, 0.6) is 0 Å². The molecule has 0 aliphatic carbocycles. The van der Waals surface area contributed by atoms with Gasteiger partial charge in [0.1, 0.15) is 0 Å². The first-order chi connectivity index (χ1) is 9.95. The molecule has 0 saturated carbocycles. The highest BCUT2D eigenvalue weighted by molar-refractivity contribution is 6.42. The van der Waals surface area contributed by atoms with Crippen molar-refractivity contribution in [3.8, 4) is 0 Å². The average molecular weight is 326 g/mol. The van der Waals surface area contributed by atoms with Gasteiger partial charge in [-0.05, 0) is 37.1 Å². The molecule has 21 heavy (non-hydrogen) atoms. The van der Waals surface area contributed by atoms with Crippen LogP contribution in [0.3, 0.4) is 0 Å². The Bertz CT molecular complexity index is 606. The summed E-state index contributed by atoms with van der Waals surface area (Å²) in [6, 6.07) is 5.68. The van der Waals surface area contributed by atoms with Crippen LogP contribution >= 0.6 is 23.2 Å². The van der Waals surface area contributed by atoms with Crippen LogP contribution in [0, 0.1) is 12.8 Å². The fraction of sp³-hybridized carbons (Fsp3) is 0.438. The van der Waals surface area contributed by atoms with Crippen LogP contribution in [0.1, 0.15) is 30.7 Å². The molecule has 2 rings (SSSR count). The van der Waals surface area contributed by atoms with Crippen molar-refractivity contribution in [2.45, 2.75) is 33.9 Å². The summed E-state index contributed by atoms with van der Waals surface area (Å²) in [5.74, 6) is 0.650. The Hall–Kier alpha value is -1.03. The molecule has 114 valence electrons. The minimum Gasteiger partial charge on any atom is -0.312 e. The van der Waals surface area contributed by atoms with Crippen molar-refractivity contribution < 1.29 is 0 Å². The van der Waals surface area contributed by atoms with Gasteiger partial charge < -0.3 is 5.32 Å². The van der Waals surface area contributed by atoms with Crippen LogP contribution in [-0.2, 0) is 13.1 Å². The molecule has 0 bridgehead atoms. The molecule has 0 aliphatic rings. The molecule has 5 heteroatoms. The highest BCUT2D eigenvalue weighted by atomic mass is 35.5. The fourth-order valence-electron chi connectivity index (χ4n) is 2.13. The molecule has 1 N–H and O–H groups in total. The van der Waals surface area contributed by atoms with Crippen LogP contribution in [0.4, 0.5) is 0 Å². The molecular formula is C16H21Cl2N3. The number of hydrogen-bond donors (Lipinski definition) is 1. The normalized spacial score (nSPS) is 11.3. The van der Waals surface area contributed by atoms with Crippen molar-refractivity contribution in [2.75, 3.05) is 6.54 Å². The van der Waals surface area contributed by atoms with Gasteiger partial charge in [0.05, 0.1) is 22.3 Å². The first-order valence-electron chi connectivity index (χ1n) is 7.13. The lowest BCUT2D eigenvalue weighted by molar-refractivity contribution is 0.551. The molecule has 0 aliphatic heterocycles. The summed E-state index contributed by atoms with van der Waals surface area (Å²) in [6.07, 6.45) is 2.09. The Kier molecular flexibility index (Phi) is 5.68. The topological polar surface area (TPSA) is 29.9 Å². The van der Waals surface area contributed by atoms with Gasteiger partial charge in [-0.2, -0.15) is 5.10 Å². The third kappa shape index (κ3) is 4.73. The number of benzene rings is 1. The largest absolute Gasteiger partial charge is 0.312 e. The van der Waals surface area contributed by atoms with E-state index < -0.39 is 0 Å². The Morgan fingerprint density at radius 1 is 1.24 bits per heavy atom. The van der Waals surface area contributed by atoms with E-state index in [1.165, 1.54) is 5.56 Å². The van der Waals surface area contributed by atoms with Gasteiger partial charge in [0, 0.05) is 18.3 Å². The summed E-state index contributed by atoms with van der Waals surface area (Å²) in [5.41, 5.74) is 3.38. The van der Waals surface area contributed by atoms with Crippen molar-refractivity contribution in [2.24, 2.45) is 5.92 Å². The predicted molar refractivity (Wildman–Crippen MR) is 89.1 cm³/mol. The van der Waals surface area contributed by atoms with E-state index in [9.17, 15) is 0 Å². The highest BCUT2D eigenvalue weighted by Gasteiger charge is 2.06. The zero-order valence-electron chi connectivity index (χ0n) is 12.7. The second-order valence-electron chi connectivity index (χ2n) is 5.71. The second-order valence-corrected chi connectivity index (χ2v) is 6.52. The maximum Gasteiger partial charge on any atom is 0.0660 e. The van der Waals surface area contributed by atoms with Gasteiger partial charge in [-0.25, -0.2) is 0 Å². The Morgan fingerprint density at radius 3 is 2.67 bits per heavy atom. The summed E-state index contributed by atoms with van der Waals surface area (Å²) in [7, 11) is 0. The van der Waals surface area contributed by atoms with E-state index in [2.05, 4.69) is 30.5 Å². The molecule has 0 atom stereocenters. The van der Waals surface area contributed by atoms with E-state index in [0.29, 0.717) is 22.5 Å². The van der Waals surface area contributed by atoms with E-state index in [1.807, 2.05) is 29.8 Å². The molecule has 0 unspecified atom stereocenters. The van der Waals surface area contributed by atoms with Crippen molar-refractivity contribution in [1.82, 2.24) is 15.1 Å². The molecule has 1 heterocycles. The minimum atomic E-state index is 0.579. The first kappa shape index (κ1) is 16.3. The van der Waals surface area contributed by atoms with Crippen LogP contribution in [0.25, 0.3) is 0 Å². The summed E-state index contributed by atoms with van der Waals surface area (Å²) in [5, 5.41) is 9.16. The van der Waals surface area contributed by atoms with E-state index in [-0.39, 0.29) is 0 Å². The molecule has 1 aromatic heterocycles. The van der Waals surface area contributed by atoms with Gasteiger partial charge >= 0.3 is 0 Å². The summed E-state index contributed by atoms with van der Waals surface area (Å²) in [6.45, 7) is 9.00. The van der Waals surface area contributed by atoms with E-state index in [1.54, 1.807) is 0 Å². The Balaban J connectivity index is 2.02. The number of nitrogens with zero attached hydrogens (tertiary/aromatic N) is 2. The number of aryl methyl sites for hydroxylation is 1. The number of aromatic nitrogens is 2. The Morgan fingerprint density at radius 2 is 2.00 bits per heavy atom. The third-order valence-electron chi connectivity index (χ3n) is 3.24. The van der Waals surface area contributed by atoms with E-state index >= 15 is 0 Å². The predicted octanol–water partition coefficient (Wildman–Crippen LogP) is 4.29.